The fraction of sp³-hybridized carbons (Fsp3) is 0.167. The van der Waals surface area contributed by atoms with Crippen LogP contribution in [0.2, 0.25) is 0 Å². The summed E-state index contributed by atoms with van der Waals surface area (Å²) in [6.45, 7) is 1.90. The molecule has 0 spiro atoms. The monoisotopic (exact) mass is 556 g/mol. The third-order valence-electron chi connectivity index (χ3n) is 5.42. The van der Waals surface area contributed by atoms with Crippen molar-refractivity contribution < 1.29 is 9.59 Å². The maximum Gasteiger partial charge on any atom is 0.295 e. The Labute approximate surface area is 214 Å². The van der Waals surface area contributed by atoms with Gasteiger partial charge in [-0.05, 0) is 42.8 Å². The van der Waals surface area contributed by atoms with Crippen molar-refractivity contribution in [2.75, 3.05) is 11.9 Å². The Kier molecular flexibility index (Phi) is 7.20. The lowest BCUT2D eigenvalue weighted by molar-refractivity contribution is -0.122. The van der Waals surface area contributed by atoms with Gasteiger partial charge in [0, 0.05) is 24.5 Å². The van der Waals surface area contributed by atoms with Crippen LogP contribution in [-0.4, -0.2) is 36.9 Å². The molecule has 1 saturated heterocycles. The van der Waals surface area contributed by atoms with Crippen molar-refractivity contribution >= 4 is 67.8 Å². The van der Waals surface area contributed by atoms with Crippen LogP contribution in [0, 0.1) is 6.92 Å². The Balaban J connectivity index is 1.44. The number of carbonyl (C=O) groups is 2. The number of amides is 2. The molecule has 0 aliphatic carbocycles. The van der Waals surface area contributed by atoms with Gasteiger partial charge in [0.1, 0.15) is 10.0 Å². The first kappa shape index (κ1) is 24.2. The Morgan fingerprint density at radius 1 is 1.12 bits per heavy atom. The van der Waals surface area contributed by atoms with Crippen LogP contribution in [0.4, 0.5) is 5.69 Å². The van der Waals surface area contributed by atoms with Gasteiger partial charge in [0.2, 0.25) is 5.91 Å². The van der Waals surface area contributed by atoms with E-state index in [1.165, 1.54) is 21.3 Å². The number of carbonyl (C=O) groups excluding carboxylic acids is 2. The average molecular weight is 557 g/mol. The van der Waals surface area contributed by atoms with Crippen LogP contribution in [0.15, 0.2) is 68.8 Å². The number of aromatic nitrogens is 2. The summed E-state index contributed by atoms with van der Waals surface area (Å²) >= 11 is 9.96. The molecule has 0 bridgehead atoms. The largest absolute Gasteiger partial charge is 0.320 e. The summed E-state index contributed by atoms with van der Waals surface area (Å²) < 4.78 is 4.55. The number of rotatable bonds is 6. The quantitative estimate of drug-likeness (QED) is 0.358. The normalized spacial score (nSPS) is 14.8. The first-order valence-electron chi connectivity index (χ1n) is 10.4. The van der Waals surface area contributed by atoms with E-state index >= 15 is 0 Å². The van der Waals surface area contributed by atoms with Gasteiger partial charge in [0.15, 0.2) is 0 Å². The number of benzene rings is 2. The van der Waals surface area contributed by atoms with Crippen LogP contribution in [0.25, 0.3) is 11.8 Å². The lowest BCUT2D eigenvalue weighted by atomic mass is 10.2. The fourth-order valence-corrected chi connectivity index (χ4v) is 5.10. The van der Waals surface area contributed by atoms with Gasteiger partial charge >= 0.3 is 0 Å². The maximum atomic E-state index is 13.0. The number of hydrogen-bond donors (Lipinski definition) is 1. The molecule has 1 fully saturated rings. The predicted octanol–water partition coefficient (Wildman–Crippen LogP) is 4.48. The molecule has 1 N–H and O–H groups in total. The molecule has 34 heavy (non-hydrogen) atoms. The number of thioether (sulfide) groups is 1. The Morgan fingerprint density at radius 3 is 2.47 bits per heavy atom. The van der Waals surface area contributed by atoms with Gasteiger partial charge in [0.25, 0.3) is 11.5 Å². The zero-order valence-corrected chi connectivity index (χ0v) is 21.7. The zero-order chi connectivity index (χ0) is 24.4. The lowest BCUT2D eigenvalue weighted by Gasteiger charge is -2.13. The summed E-state index contributed by atoms with van der Waals surface area (Å²) in [6.07, 6.45) is 1.79. The molecule has 0 unspecified atom stereocenters. The predicted molar refractivity (Wildman–Crippen MR) is 143 cm³/mol. The van der Waals surface area contributed by atoms with Crippen molar-refractivity contribution in [2.45, 2.75) is 13.3 Å². The number of anilines is 1. The molecular weight excluding hydrogens is 536 g/mol. The van der Waals surface area contributed by atoms with Gasteiger partial charge in [-0.25, -0.2) is 4.68 Å². The van der Waals surface area contributed by atoms with Crippen LogP contribution in [-0.2, 0) is 16.6 Å². The molecule has 0 radical (unpaired) electrons. The van der Waals surface area contributed by atoms with Crippen LogP contribution < -0.4 is 10.9 Å². The summed E-state index contributed by atoms with van der Waals surface area (Å²) in [6, 6.07) is 16.8. The highest BCUT2D eigenvalue weighted by atomic mass is 79.9. The summed E-state index contributed by atoms with van der Waals surface area (Å²) in [7, 11) is 1.76. The standard InChI is InChI=1S/C24H21BrN4O3S2/c1-15-21(23(32)29(27(15)2)18-6-4-3-5-7-18)26-20(30)12-13-28-22(31)19(34-24(28)33)14-16-8-10-17(25)11-9-16/h3-11,14H,12-13H2,1-2H3,(H,26,30)/b19-14+. The molecule has 0 saturated carbocycles. The fourth-order valence-electron chi connectivity index (χ4n) is 3.53. The maximum absolute atomic E-state index is 13.0. The number of nitrogens with zero attached hydrogens (tertiary/aromatic N) is 3. The first-order valence-corrected chi connectivity index (χ1v) is 12.4. The number of para-hydroxylation sites is 1. The number of nitrogens with one attached hydrogen (secondary N) is 1. The Bertz CT molecular complexity index is 1360. The van der Waals surface area contributed by atoms with Gasteiger partial charge < -0.3 is 5.32 Å². The third-order valence-corrected chi connectivity index (χ3v) is 7.33. The van der Waals surface area contributed by atoms with Crippen LogP contribution in [0.1, 0.15) is 17.7 Å². The van der Waals surface area contributed by atoms with E-state index in [0.29, 0.717) is 20.6 Å². The van der Waals surface area contributed by atoms with Crippen molar-refractivity contribution in [3.8, 4) is 5.69 Å². The number of hydrogen-bond acceptors (Lipinski definition) is 5. The van der Waals surface area contributed by atoms with Crippen molar-refractivity contribution in [3.05, 3.63) is 85.6 Å². The van der Waals surface area contributed by atoms with Crippen molar-refractivity contribution in [1.82, 2.24) is 14.3 Å². The first-order chi connectivity index (χ1) is 16.3. The minimum absolute atomic E-state index is 0.0110. The Hall–Kier alpha value is -2.95. The highest BCUT2D eigenvalue weighted by molar-refractivity contribution is 9.10. The number of halogens is 1. The minimum atomic E-state index is -0.364. The van der Waals surface area contributed by atoms with Crippen molar-refractivity contribution in [2.24, 2.45) is 7.05 Å². The molecule has 7 nitrogen and oxygen atoms in total. The van der Waals surface area contributed by atoms with Crippen LogP contribution >= 0.6 is 39.9 Å². The highest BCUT2D eigenvalue weighted by Crippen LogP contribution is 2.32. The second kappa shape index (κ2) is 10.1. The lowest BCUT2D eigenvalue weighted by Crippen LogP contribution is -2.32. The molecule has 3 aromatic rings. The van der Waals surface area contributed by atoms with E-state index in [-0.39, 0.29) is 36.0 Å². The van der Waals surface area contributed by atoms with Gasteiger partial charge in [-0.3, -0.25) is 24.0 Å². The topological polar surface area (TPSA) is 76.3 Å². The summed E-state index contributed by atoms with van der Waals surface area (Å²) in [5.41, 5.74) is 2.12. The molecule has 1 aliphatic heterocycles. The second-order valence-electron chi connectivity index (χ2n) is 7.62. The molecule has 10 heteroatoms. The smallest absolute Gasteiger partial charge is 0.295 e. The van der Waals surface area contributed by atoms with E-state index in [4.69, 9.17) is 12.2 Å². The number of thiocarbonyl (C=S) groups is 1. The van der Waals surface area contributed by atoms with Gasteiger partial charge in [0.05, 0.1) is 16.3 Å². The molecule has 1 aromatic heterocycles. The van der Waals surface area contributed by atoms with E-state index in [1.807, 2.05) is 54.6 Å². The molecule has 2 amide bonds. The van der Waals surface area contributed by atoms with E-state index in [9.17, 15) is 14.4 Å². The van der Waals surface area contributed by atoms with Gasteiger partial charge in [-0.1, -0.05) is 70.2 Å². The second-order valence-corrected chi connectivity index (χ2v) is 10.2. The molecule has 2 aromatic carbocycles. The van der Waals surface area contributed by atoms with Crippen molar-refractivity contribution in [3.63, 3.8) is 0 Å². The SMILES string of the molecule is Cc1c(NC(=O)CCN2C(=O)/C(=C\c3ccc(Br)cc3)SC2=S)c(=O)n(-c2ccccc2)n1C. The summed E-state index contributed by atoms with van der Waals surface area (Å²) in [5, 5.41) is 2.72. The molecule has 2 heterocycles. The molecule has 1 aliphatic rings. The molecule has 4 rings (SSSR count). The highest BCUT2D eigenvalue weighted by Gasteiger charge is 2.32. The van der Waals surface area contributed by atoms with Crippen LogP contribution in [0.3, 0.4) is 0 Å². The van der Waals surface area contributed by atoms with Crippen molar-refractivity contribution in [1.29, 1.82) is 0 Å². The van der Waals surface area contributed by atoms with E-state index in [1.54, 1.807) is 24.7 Å². The molecule has 0 atom stereocenters. The molecule has 174 valence electrons. The van der Waals surface area contributed by atoms with E-state index < -0.39 is 0 Å². The molecular formula is C24H21BrN4O3S2. The zero-order valence-electron chi connectivity index (χ0n) is 18.4. The average Bonchev–Trinajstić information content (AvgIpc) is 3.20. The Morgan fingerprint density at radius 2 is 1.79 bits per heavy atom. The summed E-state index contributed by atoms with van der Waals surface area (Å²) in [5.74, 6) is -0.593. The third kappa shape index (κ3) is 4.94. The van der Waals surface area contributed by atoms with Crippen LogP contribution in [0.5, 0.6) is 0 Å². The van der Waals surface area contributed by atoms with E-state index in [2.05, 4.69) is 21.2 Å². The van der Waals surface area contributed by atoms with Gasteiger partial charge in [-0.2, -0.15) is 0 Å². The van der Waals surface area contributed by atoms with E-state index in [0.717, 1.165) is 10.0 Å². The minimum Gasteiger partial charge on any atom is -0.320 e. The summed E-state index contributed by atoms with van der Waals surface area (Å²) in [4.78, 5) is 40.4. The van der Waals surface area contributed by atoms with Gasteiger partial charge in [-0.15, -0.1) is 0 Å².